The van der Waals surface area contributed by atoms with Crippen molar-refractivity contribution in [3.05, 3.63) is 0 Å². The Morgan fingerprint density at radius 2 is 2.29 bits per heavy atom. The van der Waals surface area contributed by atoms with Crippen LogP contribution in [0.15, 0.2) is 0 Å². The van der Waals surface area contributed by atoms with Gasteiger partial charge in [-0.2, -0.15) is 0 Å². The second-order valence-electron chi connectivity index (χ2n) is 3.78. The maximum absolute atomic E-state index is 11.3. The van der Waals surface area contributed by atoms with Crippen LogP contribution >= 0.6 is 0 Å². The largest absolute Gasteiger partial charge is 0.338 e. The van der Waals surface area contributed by atoms with E-state index in [0.717, 1.165) is 45.3 Å². The topological polar surface area (TPSA) is 53.2 Å². The third kappa shape index (κ3) is 4.46. The molecule has 0 radical (unpaired) electrons. The molecule has 1 atom stereocenters. The van der Waals surface area contributed by atoms with Crippen LogP contribution in [0.25, 0.3) is 0 Å². The van der Waals surface area contributed by atoms with Gasteiger partial charge in [0.1, 0.15) is 0 Å². The SMILES string of the molecule is CCCNC(=O)NC1CCCNCC1. The van der Waals surface area contributed by atoms with Gasteiger partial charge >= 0.3 is 6.03 Å². The highest BCUT2D eigenvalue weighted by Crippen LogP contribution is 2.04. The third-order valence-electron chi connectivity index (χ3n) is 2.45. The maximum atomic E-state index is 11.3. The summed E-state index contributed by atoms with van der Waals surface area (Å²) in [6.45, 7) is 4.90. The lowest BCUT2D eigenvalue weighted by Crippen LogP contribution is -2.42. The summed E-state index contributed by atoms with van der Waals surface area (Å²) in [5, 5.41) is 9.16. The van der Waals surface area contributed by atoms with E-state index in [0.29, 0.717) is 6.04 Å². The fourth-order valence-corrected chi connectivity index (χ4v) is 1.64. The molecule has 82 valence electrons. The van der Waals surface area contributed by atoms with Crippen LogP contribution in [0.4, 0.5) is 4.79 Å². The van der Waals surface area contributed by atoms with Crippen molar-refractivity contribution in [1.29, 1.82) is 0 Å². The van der Waals surface area contributed by atoms with Crippen molar-refractivity contribution in [2.75, 3.05) is 19.6 Å². The fourth-order valence-electron chi connectivity index (χ4n) is 1.64. The fraction of sp³-hybridized carbons (Fsp3) is 0.900. The molecule has 1 aliphatic rings. The minimum atomic E-state index is -0.0150. The van der Waals surface area contributed by atoms with Gasteiger partial charge in [0.25, 0.3) is 0 Å². The summed E-state index contributed by atoms with van der Waals surface area (Å²) in [6, 6.07) is 0.334. The van der Waals surface area contributed by atoms with Crippen LogP contribution in [0.1, 0.15) is 32.6 Å². The molecule has 1 aliphatic heterocycles. The highest BCUT2D eigenvalue weighted by Gasteiger charge is 2.13. The van der Waals surface area contributed by atoms with Gasteiger partial charge in [0.15, 0.2) is 0 Å². The lowest BCUT2D eigenvalue weighted by atomic mass is 10.1. The quantitative estimate of drug-likeness (QED) is 0.631. The number of hydrogen-bond donors (Lipinski definition) is 3. The first-order chi connectivity index (χ1) is 6.83. The molecule has 2 amide bonds. The molecule has 14 heavy (non-hydrogen) atoms. The molecule has 4 heteroatoms. The molecule has 0 aromatic rings. The highest BCUT2D eigenvalue weighted by atomic mass is 16.2. The van der Waals surface area contributed by atoms with Crippen molar-refractivity contribution in [3.8, 4) is 0 Å². The molecule has 1 fully saturated rings. The molecule has 0 aliphatic carbocycles. The van der Waals surface area contributed by atoms with E-state index in [1.165, 1.54) is 0 Å². The minimum Gasteiger partial charge on any atom is -0.338 e. The number of carbonyl (C=O) groups is 1. The average Bonchev–Trinajstić information content (AvgIpc) is 2.43. The number of carbonyl (C=O) groups excluding carboxylic acids is 1. The van der Waals surface area contributed by atoms with Crippen molar-refractivity contribution in [2.24, 2.45) is 0 Å². The van der Waals surface area contributed by atoms with E-state index in [1.807, 2.05) is 0 Å². The van der Waals surface area contributed by atoms with Crippen molar-refractivity contribution in [3.63, 3.8) is 0 Å². The Morgan fingerprint density at radius 1 is 1.43 bits per heavy atom. The first kappa shape index (κ1) is 11.3. The van der Waals surface area contributed by atoms with Crippen LogP contribution in [0.2, 0.25) is 0 Å². The van der Waals surface area contributed by atoms with E-state index in [2.05, 4.69) is 22.9 Å². The molecular formula is C10H21N3O. The lowest BCUT2D eigenvalue weighted by Gasteiger charge is -2.16. The number of urea groups is 1. The Balaban J connectivity index is 2.17. The van der Waals surface area contributed by atoms with E-state index in [-0.39, 0.29) is 6.03 Å². The van der Waals surface area contributed by atoms with Gasteiger partial charge in [-0.05, 0) is 38.8 Å². The zero-order chi connectivity index (χ0) is 10.2. The summed E-state index contributed by atoms with van der Waals surface area (Å²) in [6.07, 6.45) is 4.27. The molecule has 1 heterocycles. The molecule has 1 unspecified atom stereocenters. The van der Waals surface area contributed by atoms with Crippen molar-refractivity contribution >= 4 is 6.03 Å². The van der Waals surface area contributed by atoms with Crippen LogP contribution in [0.5, 0.6) is 0 Å². The standard InChI is InChI=1S/C10H21N3O/c1-2-6-12-10(14)13-9-4-3-7-11-8-5-9/h9,11H,2-8H2,1H3,(H2,12,13,14). The van der Waals surface area contributed by atoms with Crippen molar-refractivity contribution in [2.45, 2.75) is 38.6 Å². The summed E-state index contributed by atoms with van der Waals surface area (Å²) in [5.41, 5.74) is 0. The van der Waals surface area contributed by atoms with Crippen LogP contribution < -0.4 is 16.0 Å². The molecule has 1 rings (SSSR count). The van der Waals surface area contributed by atoms with E-state index < -0.39 is 0 Å². The minimum absolute atomic E-state index is 0.0150. The van der Waals surface area contributed by atoms with Gasteiger partial charge in [-0.1, -0.05) is 6.92 Å². The van der Waals surface area contributed by atoms with E-state index in [9.17, 15) is 4.79 Å². The number of hydrogen-bond acceptors (Lipinski definition) is 2. The Bertz CT molecular complexity index is 165. The van der Waals surface area contributed by atoms with Gasteiger partial charge in [0, 0.05) is 12.6 Å². The summed E-state index contributed by atoms with van der Waals surface area (Å²) >= 11 is 0. The normalized spacial score (nSPS) is 22.5. The molecule has 0 bridgehead atoms. The number of rotatable bonds is 3. The Morgan fingerprint density at radius 3 is 3.07 bits per heavy atom. The van der Waals surface area contributed by atoms with Crippen molar-refractivity contribution < 1.29 is 4.79 Å². The monoisotopic (exact) mass is 199 g/mol. The van der Waals surface area contributed by atoms with Gasteiger partial charge in [0.2, 0.25) is 0 Å². The molecule has 3 N–H and O–H groups in total. The van der Waals surface area contributed by atoms with E-state index in [4.69, 9.17) is 0 Å². The summed E-state index contributed by atoms with van der Waals surface area (Å²) in [7, 11) is 0. The van der Waals surface area contributed by atoms with Crippen molar-refractivity contribution in [1.82, 2.24) is 16.0 Å². The van der Waals surface area contributed by atoms with Crippen LogP contribution in [0.3, 0.4) is 0 Å². The van der Waals surface area contributed by atoms with Gasteiger partial charge in [-0.25, -0.2) is 4.79 Å². The number of amides is 2. The molecule has 0 aromatic carbocycles. The predicted octanol–water partition coefficient (Wildman–Crippen LogP) is 0.838. The van der Waals surface area contributed by atoms with E-state index in [1.54, 1.807) is 0 Å². The van der Waals surface area contributed by atoms with Crippen LogP contribution in [0, 0.1) is 0 Å². The molecule has 0 aromatic heterocycles. The lowest BCUT2D eigenvalue weighted by molar-refractivity contribution is 0.236. The van der Waals surface area contributed by atoms with Crippen LogP contribution in [-0.2, 0) is 0 Å². The smallest absolute Gasteiger partial charge is 0.315 e. The Hall–Kier alpha value is -0.770. The van der Waals surface area contributed by atoms with E-state index >= 15 is 0 Å². The maximum Gasteiger partial charge on any atom is 0.315 e. The molecular weight excluding hydrogens is 178 g/mol. The summed E-state index contributed by atoms with van der Waals surface area (Å²) in [5.74, 6) is 0. The average molecular weight is 199 g/mol. The van der Waals surface area contributed by atoms with Gasteiger partial charge in [-0.15, -0.1) is 0 Å². The summed E-state index contributed by atoms with van der Waals surface area (Å²) < 4.78 is 0. The number of nitrogens with one attached hydrogen (secondary N) is 3. The second kappa shape index (κ2) is 6.65. The third-order valence-corrected chi connectivity index (χ3v) is 2.45. The Labute approximate surface area is 85.8 Å². The van der Waals surface area contributed by atoms with Gasteiger partial charge in [-0.3, -0.25) is 0 Å². The zero-order valence-electron chi connectivity index (χ0n) is 8.94. The first-order valence-corrected chi connectivity index (χ1v) is 5.58. The predicted molar refractivity (Wildman–Crippen MR) is 57.3 cm³/mol. The van der Waals surface area contributed by atoms with Crippen LogP contribution in [-0.4, -0.2) is 31.7 Å². The Kier molecular flexibility index (Phi) is 5.37. The molecule has 1 saturated heterocycles. The second-order valence-corrected chi connectivity index (χ2v) is 3.78. The summed E-state index contributed by atoms with van der Waals surface area (Å²) in [4.78, 5) is 11.3. The highest BCUT2D eigenvalue weighted by molar-refractivity contribution is 5.74. The van der Waals surface area contributed by atoms with Gasteiger partial charge in [0.05, 0.1) is 0 Å². The zero-order valence-corrected chi connectivity index (χ0v) is 8.94. The first-order valence-electron chi connectivity index (χ1n) is 5.58. The van der Waals surface area contributed by atoms with Gasteiger partial charge < -0.3 is 16.0 Å². The molecule has 4 nitrogen and oxygen atoms in total. The molecule has 0 saturated carbocycles. The molecule has 0 spiro atoms.